The van der Waals surface area contributed by atoms with Gasteiger partial charge in [-0.25, -0.2) is 0 Å². The van der Waals surface area contributed by atoms with Crippen molar-refractivity contribution in [3.8, 4) is 0 Å². The summed E-state index contributed by atoms with van der Waals surface area (Å²) in [7, 11) is 0. The Morgan fingerprint density at radius 1 is 1.04 bits per heavy atom. The maximum absolute atomic E-state index is 5.47. The molecule has 2 aliphatic heterocycles. The van der Waals surface area contributed by atoms with Crippen molar-refractivity contribution in [3.05, 3.63) is 35.9 Å². The molecule has 0 aromatic heterocycles. The molecule has 0 unspecified atom stereocenters. The first kappa shape index (κ1) is 16.6. The van der Waals surface area contributed by atoms with Gasteiger partial charge in [0, 0.05) is 32.7 Å². The molecule has 0 spiro atoms. The first-order chi connectivity index (χ1) is 11.3. The average Bonchev–Trinajstić information content (AvgIpc) is 2.59. The van der Waals surface area contributed by atoms with Crippen molar-refractivity contribution in [2.24, 2.45) is 0 Å². The normalized spacial score (nSPS) is 20.5. The number of thiocarbonyl (C=S) groups is 1. The highest BCUT2D eigenvalue weighted by molar-refractivity contribution is 7.80. The Morgan fingerprint density at radius 2 is 1.83 bits per heavy atom. The zero-order valence-corrected chi connectivity index (χ0v) is 14.4. The number of nitrogens with zero attached hydrogens (tertiary/aromatic N) is 3. The van der Waals surface area contributed by atoms with Gasteiger partial charge in [0.1, 0.15) is 0 Å². The summed E-state index contributed by atoms with van der Waals surface area (Å²) in [4.78, 5) is 7.15. The zero-order valence-electron chi connectivity index (χ0n) is 13.6. The van der Waals surface area contributed by atoms with Crippen LogP contribution < -0.4 is 5.32 Å². The number of benzene rings is 1. The summed E-state index contributed by atoms with van der Waals surface area (Å²) >= 11 is 5.47. The van der Waals surface area contributed by atoms with Gasteiger partial charge in [-0.15, -0.1) is 0 Å². The SMILES string of the molecule is S=C1NCN(Cc2ccccc2)CN1CCCN1CCOCC1. The van der Waals surface area contributed by atoms with E-state index in [2.05, 4.69) is 50.3 Å². The highest BCUT2D eigenvalue weighted by Gasteiger charge is 2.20. The second kappa shape index (κ2) is 8.59. The quantitative estimate of drug-likeness (QED) is 0.790. The summed E-state index contributed by atoms with van der Waals surface area (Å²) in [6.07, 6.45) is 1.14. The molecule has 126 valence electrons. The van der Waals surface area contributed by atoms with Crippen LogP contribution in [0.3, 0.4) is 0 Å². The lowest BCUT2D eigenvalue weighted by molar-refractivity contribution is 0.0359. The lowest BCUT2D eigenvalue weighted by atomic mass is 10.2. The van der Waals surface area contributed by atoms with Gasteiger partial charge in [0.25, 0.3) is 0 Å². The molecule has 2 fully saturated rings. The van der Waals surface area contributed by atoms with E-state index in [1.165, 1.54) is 5.56 Å². The van der Waals surface area contributed by atoms with Crippen molar-refractivity contribution in [2.75, 3.05) is 52.7 Å². The summed E-state index contributed by atoms with van der Waals surface area (Å²) in [6.45, 7) is 8.68. The standard InChI is InChI=1S/C17H26N4OS/c23-17-18-14-20(13-16-5-2-1-3-6-16)15-21(17)8-4-7-19-9-11-22-12-10-19/h1-3,5-6H,4,7-15H2,(H,18,23). The maximum atomic E-state index is 5.47. The average molecular weight is 334 g/mol. The van der Waals surface area contributed by atoms with Crippen LogP contribution in [0.15, 0.2) is 30.3 Å². The summed E-state index contributed by atoms with van der Waals surface area (Å²) in [5, 5.41) is 4.23. The third-order valence-electron chi connectivity index (χ3n) is 4.37. The van der Waals surface area contributed by atoms with Gasteiger partial charge in [-0.2, -0.15) is 0 Å². The fraction of sp³-hybridized carbons (Fsp3) is 0.588. The summed E-state index contributed by atoms with van der Waals surface area (Å²) in [6, 6.07) is 10.6. The molecule has 2 saturated heterocycles. The Hall–Kier alpha value is -1.21. The number of nitrogens with one attached hydrogen (secondary N) is 1. The molecular formula is C17H26N4OS. The van der Waals surface area contributed by atoms with Gasteiger partial charge in [0.05, 0.1) is 26.6 Å². The van der Waals surface area contributed by atoms with Crippen molar-refractivity contribution in [3.63, 3.8) is 0 Å². The first-order valence-corrected chi connectivity index (χ1v) is 8.81. The fourth-order valence-electron chi connectivity index (χ4n) is 3.08. The van der Waals surface area contributed by atoms with E-state index in [0.29, 0.717) is 0 Å². The smallest absolute Gasteiger partial charge is 0.170 e. The van der Waals surface area contributed by atoms with E-state index < -0.39 is 0 Å². The fourth-order valence-corrected chi connectivity index (χ4v) is 3.29. The Kier molecular flexibility index (Phi) is 6.21. The number of rotatable bonds is 6. The number of ether oxygens (including phenoxy) is 1. The van der Waals surface area contributed by atoms with E-state index in [1.807, 2.05) is 0 Å². The van der Waals surface area contributed by atoms with Crippen LogP contribution in [0.25, 0.3) is 0 Å². The van der Waals surface area contributed by atoms with E-state index in [0.717, 1.165) is 70.8 Å². The second-order valence-corrected chi connectivity index (χ2v) is 6.55. The summed E-state index contributed by atoms with van der Waals surface area (Å²) in [5.74, 6) is 0. The van der Waals surface area contributed by atoms with Crippen LogP contribution in [-0.2, 0) is 11.3 Å². The predicted molar refractivity (Wildman–Crippen MR) is 96.0 cm³/mol. The molecular weight excluding hydrogens is 308 g/mol. The molecule has 0 bridgehead atoms. The second-order valence-electron chi connectivity index (χ2n) is 6.17. The van der Waals surface area contributed by atoms with Crippen molar-refractivity contribution < 1.29 is 4.74 Å². The molecule has 0 aliphatic carbocycles. The predicted octanol–water partition coefficient (Wildman–Crippen LogP) is 1.32. The molecule has 1 aromatic rings. The molecule has 1 aromatic carbocycles. The third kappa shape index (κ3) is 5.14. The topological polar surface area (TPSA) is 31.0 Å². The summed E-state index contributed by atoms with van der Waals surface area (Å²) < 4.78 is 5.39. The molecule has 6 heteroatoms. The minimum Gasteiger partial charge on any atom is -0.379 e. The molecule has 0 saturated carbocycles. The number of hydrogen-bond acceptors (Lipinski definition) is 4. The van der Waals surface area contributed by atoms with Gasteiger partial charge in [0.2, 0.25) is 0 Å². The Balaban J connectivity index is 1.43. The molecule has 3 rings (SSSR count). The lowest BCUT2D eigenvalue weighted by Crippen LogP contribution is -2.56. The molecule has 0 atom stereocenters. The molecule has 0 radical (unpaired) electrons. The van der Waals surface area contributed by atoms with Crippen LogP contribution in [0.4, 0.5) is 0 Å². The van der Waals surface area contributed by atoms with E-state index >= 15 is 0 Å². The van der Waals surface area contributed by atoms with Crippen molar-refractivity contribution in [1.29, 1.82) is 0 Å². The number of hydrogen-bond donors (Lipinski definition) is 1. The molecule has 5 nitrogen and oxygen atoms in total. The highest BCUT2D eigenvalue weighted by atomic mass is 32.1. The van der Waals surface area contributed by atoms with Crippen LogP contribution in [0.5, 0.6) is 0 Å². The molecule has 2 heterocycles. The molecule has 23 heavy (non-hydrogen) atoms. The first-order valence-electron chi connectivity index (χ1n) is 8.40. The Morgan fingerprint density at radius 3 is 2.61 bits per heavy atom. The van der Waals surface area contributed by atoms with Gasteiger partial charge in [0.15, 0.2) is 5.11 Å². The van der Waals surface area contributed by atoms with Gasteiger partial charge in [-0.3, -0.25) is 9.80 Å². The lowest BCUT2D eigenvalue weighted by Gasteiger charge is -2.38. The van der Waals surface area contributed by atoms with Crippen LogP contribution in [0.1, 0.15) is 12.0 Å². The van der Waals surface area contributed by atoms with E-state index in [-0.39, 0.29) is 0 Å². The zero-order chi connectivity index (χ0) is 15.9. The number of morpholine rings is 1. The third-order valence-corrected chi connectivity index (χ3v) is 4.77. The molecule has 2 aliphatic rings. The summed E-state index contributed by atoms with van der Waals surface area (Å²) in [5.41, 5.74) is 1.34. The Labute approximate surface area is 144 Å². The van der Waals surface area contributed by atoms with Gasteiger partial charge in [-0.05, 0) is 24.2 Å². The molecule has 0 amide bonds. The van der Waals surface area contributed by atoms with Crippen molar-refractivity contribution in [2.45, 2.75) is 13.0 Å². The van der Waals surface area contributed by atoms with Crippen LogP contribution in [0.2, 0.25) is 0 Å². The van der Waals surface area contributed by atoms with Crippen LogP contribution in [0, 0.1) is 0 Å². The van der Waals surface area contributed by atoms with Crippen LogP contribution >= 0.6 is 12.2 Å². The van der Waals surface area contributed by atoms with Gasteiger partial charge in [-0.1, -0.05) is 30.3 Å². The van der Waals surface area contributed by atoms with Gasteiger partial charge >= 0.3 is 0 Å². The largest absolute Gasteiger partial charge is 0.379 e. The van der Waals surface area contributed by atoms with E-state index in [1.54, 1.807) is 0 Å². The highest BCUT2D eigenvalue weighted by Crippen LogP contribution is 2.09. The monoisotopic (exact) mass is 334 g/mol. The van der Waals surface area contributed by atoms with Crippen molar-refractivity contribution in [1.82, 2.24) is 20.0 Å². The van der Waals surface area contributed by atoms with Crippen LogP contribution in [-0.4, -0.2) is 72.5 Å². The minimum absolute atomic E-state index is 0.827. The maximum Gasteiger partial charge on any atom is 0.170 e. The molecule has 1 N–H and O–H groups in total. The van der Waals surface area contributed by atoms with E-state index in [4.69, 9.17) is 17.0 Å². The Bertz CT molecular complexity index is 493. The minimum atomic E-state index is 0.827. The van der Waals surface area contributed by atoms with Crippen molar-refractivity contribution >= 4 is 17.3 Å². The van der Waals surface area contributed by atoms with E-state index in [9.17, 15) is 0 Å². The van der Waals surface area contributed by atoms with Gasteiger partial charge < -0.3 is 15.0 Å².